The summed E-state index contributed by atoms with van der Waals surface area (Å²) in [6.45, 7) is 4.12. The average Bonchev–Trinajstić information content (AvgIpc) is 0.762. The molecule has 0 aromatic heterocycles. The number of hydrogen-bond donors (Lipinski definition) is 12. The van der Waals surface area contributed by atoms with Gasteiger partial charge in [0.15, 0.2) is 43.8 Å². The van der Waals surface area contributed by atoms with Gasteiger partial charge in [-0.1, -0.05) is 0 Å². The Morgan fingerprint density at radius 2 is 0.667 bits per heavy atom. The van der Waals surface area contributed by atoms with E-state index in [1.807, 2.05) is 13.0 Å². The van der Waals surface area contributed by atoms with Crippen molar-refractivity contribution in [1.82, 2.24) is 32.4 Å². The van der Waals surface area contributed by atoms with E-state index in [2.05, 4.69) is 31.9 Å². The topological polar surface area (TPSA) is 457 Å². The molecule has 9 rings (SSSR count). The molecule has 0 radical (unpaired) electrons. The molecule has 6 aromatic carbocycles. The monoisotopic (exact) mass is 1520 g/mol. The lowest BCUT2D eigenvalue weighted by molar-refractivity contribution is -0.135. The molecule has 33 nitrogen and oxygen atoms in total. The summed E-state index contributed by atoms with van der Waals surface area (Å²) in [6, 6.07) is 35.2. The molecule has 0 unspecified atom stereocenters. The minimum atomic E-state index is -4.10. The van der Waals surface area contributed by atoms with Crippen LogP contribution >= 0.6 is 0 Å². The molecule has 570 valence electrons. The molecule has 0 bridgehead atoms. The van der Waals surface area contributed by atoms with Gasteiger partial charge in [-0.3, -0.25) is 30.0 Å². The molecule has 3 aliphatic heterocycles. The summed E-state index contributed by atoms with van der Waals surface area (Å²) in [4.78, 5) is 72.7. The van der Waals surface area contributed by atoms with E-state index in [0.717, 1.165) is 5.56 Å². The second-order valence-corrected chi connectivity index (χ2v) is 30.4. The molecule has 0 saturated carbocycles. The van der Waals surface area contributed by atoms with Crippen LogP contribution in [0, 0.1) is 6.92 Å². The number of nitrogens with one attached hydrogen (secondary N) is 9. The van der Waals surface area contributed by atoms with Crippen molar-refractivity contribution in [2.45, 2.75) is 87.2 Å². The van der Waals surface area contributed by atoms with Crippen molar-refractivity contribution in [3.63, 3.8) is 0 Å². The zero-order valence-electron chi connectivity index (χ0n) is 58.1. The summed E-state index contributed by atoms with van der Waals surface area (Å²) >= 11 is 0. The summed E-state index contributed by atoms with van der Waals surface area (Å²) in [7, 11) is -7.59. The maximum atomic E-state index is 13.2. The molecular weight excluding hydrogens is 1430 g/mol. The van der Waals surface area contributed by atoms with Gasteiger partial charge in [0.1, 0.15) is 41.1 Å². The van der Waals surface area contributed by atoms with E-state index in [0.29, 0.717) is 90.7 Å². The molecule has 0 spiro atoms. The number of anilines is 3. The highest BCUT2D eigenvalue weighted by molar-refractivity contribution is 7.94. The van der Waals surface area contributed by atoms with Crippen molar-refractivity contribution in [3.8, 4) is 34.5 Å². The van der Waals surface area contributed by atoms with E-state index < -0.39 is 67.5 Å². The van der Waals surface area contributed by atoms with Crippen LogP contribution in [-0.4, -0.2) is 191 Å². The van der Waals surface area contributed by atoms with Crippen LogP contribution in [0.1, 0.15) is 56.9 Å². The van der Waals surface area contributed by atoms with E-state index in [1.165, 1.54) is 89.2 Å². The van der Waals surface area contributed by atoms with Crippen molar-refractivity contribution < 1.29 is 112 Å². The van der Waals surface area contributed by atoms with Gasteiger partial charge in [0.05, 0.1) is 55.8 Å². The molecule has 0 aliphatic carbocycles. The number of hydrogen-bond acceptors (Lipinski definition) is 24. The predicted molar refractivity (Wildman–Crippen MR) is 380 cm³/mol. The van der Waals surface area contributed by atoms with Gasteiger partial charge in [-0.2, -0.15) is 0 Å². The largest absolute Gasteiger partial charge is 0.497 e. The summed E-state index contributed by atoms with van der Waals surface area (Å²) in [5.41, 5.74) is 7.26. The van der Waals surface area contributed by atoms with Gasteiger partial charge in [-0.15, -0.1) is 0 Å². The summed E-state index contributed by atoms with van der Waals surface area (Å²) < 4.78 is 122. The highest BCUT2D eigenvalue weighted by Gasteiger charge is 2.54. The number of urea groups is 3. The van der Waals surface area contributed by atoms with E-state index in [-0.39, 0.29) is 118 Å². The summed E-state index contributed by atoms with van der Waals surface area (Å²) in [6.07, 6.45) is 0.689. The number of sulfone groups is 3. The summed E-state index contributed by atoms with van der Waals surface area (Å²) in [5.74, 6) is 0.447. The number of ether oxygens (including phenoxy) is 9. The van der Waals surface area contributed by atoms with Crippen LogP contribution in [0.4, 0.5) is 31.4 Å². The van der Waals surface area contributed by atoms with Crippen LogP contribution in [0.15, 0.2) is 154 Å². The Balaban J connectivity index is 0.000000220. The number of rotatable bonds is 29. The second-order valence-electron chi connectivity index (χ2n) is 23.6. The number of benzene rings is 6. The molecular formula is C69H87N9O24S3. The first-order valence-electron chi connectivity index (χ1n) is 32.9. The third kappa shape index (κ3) is 21.3. The number of hydroxylamine groups is 3. The first-order chi connectivity index (χ1) is 50.4. The van der Waals surface area contributed by atoms with Crippen molar-refractivity contribution in [1.29, 1.82) is 0 Å². The van der Waals surface area contributed by atoms with Gasteiger partial charge < -0.3 is 74.5 Å². The molecule has 3 heterocycles. The fourth-order valence-electron chi connectivity index (χ4n) is 11.1. The first-order valence-corrected chi connectivity index (χ1v) is 37.4. The zero-order chi connectivity index (χ0) is 76.1. The molecule has 3 aliphatic rings. The molecule has 105 heavy (non-hydrogen) atoms. The fourth-order valence-corrected chi connectivity index (χ4v) is 16.9. The third-order valence-corrected chi connectivity index (χ3v) is 24.7. The lowest BCUT2D eigenvalue weighted by Crippen LogP contribution is -2.54. The normalized spacial score (nSPS) is 15.0. The number of carbonyl (C=O) groups is 6. The molecule has 3 fully saturated rings. The molecule has 6 aromatic rings. The Bertz CT molecular complexity index is 4200. The number of carbonyl (C=O) groups excluding carboxylic acids is 6. The van der Waals surface area contributed by atoms with Crippen LogP contribution in [0.5, 0.6) is 34.5 Å². The Morgan fingerprint density at radius 3 is 0.971 bits per heavy atom. The maximum Gasteiger partial charge on any atom is 0.319 e. The van der Waals surface area contributed by atoms with Crippen molar-refractivity contribution in [2.75, 3.05) is 116 Å². The highest BCUT2D eigenvalue weighted by atomic mass is 32.2. The highest BCUT2D eigenvalue weighted by Crippen LogP contribution is 2.39. The van der Waals surface area contributed by atoms with Gasteiger partial charge in [0.25, 0.3) is 17.7 Å². The molecule has 0 atom stereocenters. The van der Waals surface area contributed by atoms with Gasteiger partial charge >= 0.3 is 18.1 Å². The second kappa shape index (κ2) is 39.2. The number of amides is 9. The standard InChI is InChI=1S/C24H31N3O8S.C23H29N3O8S.C22H27N3O8S/c1-17-16-19(33-2)6-9-21(17)26-23(29)25-12-3-13-35-18-4-7-20(8-5-18)36(31,32)24(22(28)27-30)10-14-34-15-11-24;1-32-18-5-3-17(4-6-18)25-22(28)24-13-2-14-34-19-7-9-20(10-8-19)35(30,31)23(21(27)26-29)11-15-33-16-12-23;1-31-17-4-2-16(3-5-17)24-21(27)23-12-15-33-18-6-8-19(9-7-18)34(29,30)22(20(26)25-28)10-13-32-14-11-22/h4-9,16,30H,3,10-15H2,1-2H3,(H,27,28)(H2,25,26,29);3-10,29H,2,11-16H2,1H3,(H,26,27)(H2,24,25,28);2-9,28H,10-15H2,1H3,(H,25,26)(H2,23,24,27). The van der Waals surface area contributed by atoms with E-state index in [4.69, 9.17) is 58.3 Å². The Kier molecular flexibility index (Phi) is 30.7. The fraction of sp³-hybridized carbons (Fsp3) is 0.391. The third-order valence-electron chi connectivity index (χ3n) is 17.2. The number of aryl methyl sites for hydroxylation is 1. The minimum absolute atomic E-state index is 0.0486. The smallest absolute Gasteiger partial charge is 0.319 e. The van der Waals surface area contributed by atoms with Crippen LogP contribution in [-0.2, 0) is 58.1 Å². The Labute approximate surface area is 607 Å². The first kappa shape index (κ1) is 82.2. The zero-order valence-corrected chi connectivity index (χ0v) is 60.5. The lowest BCUT2D eigenvalue weighted by atomic mass is 9.98. The summed E-state index contributed by atoms with van der Waals surface area (Å²) in [5, 5.41) is 43.6. The molecule has 12 N–H and O–H groups in total. The van der Waals surface area contributed by atoms with Crippen LogP contribution < -0.4 is 76.8 Å². The SMILES string of the molecule is COc1ccc(NC(=O)NCCCOc2ccc(S(=O)(=O)C3(C(=O)NO)CCOCC3)cc2)c(C)c1.COc1ccc(NC(=O)NCCCOc2ccc(S(=O)(=O)C3(C(=O)NO)CCOCC3)cc2)cc1.COc1ccc(NC(=O)NCCOc2ccc(S(=O)(=O)C3(C(=O)NO)CCOCC3)cc2)cc1. The van der Waals surface area contributed by atoms with Crippen LogP contribution in [0.25, 0.3) is 0 Å². The van der Waals surface area contributed by atoms with Crippen molar-refractivity contribution in [2.24, 2.45) is 0 Å². The van der Waals surface area contributed by atoms with Gasteiger partial charge in [0.2, 0.25) is 0 Å². The quantitative estimate of drug-likeness (QED) is 0.0140. The molecule has 9 amide bonds. The van der Waals surface area contributed by atoms with Crippen molar-refractivity contribution >= 4 is 82.4 Å². The van der Waals surface area contributed by atoms with Gasteiger partial charge in [-0.25, -0.2) is 56.1 Å². The lowest BCUT2D eigenvalue weighted by Gasteiger charge is -2.34. The van der Waals surface area contributed by atoms with Gasteiger partial charge in [0, 0.05) is 69.8 Å². The van der Waals surface area contributed by atoms with E-state index in [9.17, 15) is 54.0 Å². The number of methoxy groups -OCH3 is 3. The van der Waals surface area contributed by atoms with Gasteiger partial charge in [-0.05, 0) is 203 Å². The Hall–Kier alpha value is -10.1. The van der Waals surface area contributed by atoms with Crippen molar-refractivity contribution in [3.05, 3.63) is 145 Å². The van der Waals surface area contributed by atoms with E-state index in [1.54, 1.807) is 82.0 Å². The maximum absolute atomic E-state index is 13.2. The Morgan fingerprint density at radius 1 is 0.381 bits per heavy atom. The average molecular weight is 1520 g/mol. The van der Waals surface area contributed by atoms with Crippen LogP contribution in [0.3, 0.4) is 0 Å². The van der Waals surface area contributed by atoms with E-state index >= 15 is 0 Å². The predicted octanol–water partition coefficient (Wildman–Crippen LogP) is 6.26. The molecule has 3 saturated heterocycles. The minimum Gasteiger partial charge on any atom is -0.497 e. The van der Waals surface area contributed by atoms with Crippen LogP contribution in [0.2, 0.25) is 0 Å². The molecule has 36 heteroatoms.